The van der Waals surface area contributed by atoms with Crippen molar-refractivity contribution in [1.82, 2.24) is 10.2 Å². The van der Waals surface area contributed by atoms with E-state index in [-0.39, 0.29) is 30.8 Å². The van der Waals surface area contributed by atoms with Crippen LogP contribution in [-0.2, 0) is 26.2 Å². The molecule has 0 aliphatic carbocycles. The monoisotopic (exact) mass is 501 g/mol. The number of carbonyl (C=O) groups is 2. The largest absolute Gasteiger partial charge is 0.352 e. The average molecular weight is 502 g/mol. The molecule has 2 rings (SSSR count). The van der Waals surface area contributed by atoms with Gasteiger partial charge in [-0.1, -0.05) is 48.9 Å². The Labute approximate surface area is 210 Å². The molecule has 0 aromatic heterocycles. The van der Waals surface area contributed by atoms with Gasteiger partial charge in [0.15, 0.2) is 0 Å². The maximum absolute atomic E-state index is 13.4. The first-order valence-electron chi connectivity index (χ1n) is 12.1. The van der Waals surface area contributed by atoms with Gasteiger partial charge in [-0.25, -0.2) is 8.42 Å². The highest BCUT2D eigenvalue weighted by Crippen LogP contribution is 2.21. The molecule has 0 radical (unpaired) electrons. The minimum absolute atomic E-state index is 0.0372. The van der Waals surface area contributed by atoms with Crippen LogP contribution in [0.25, 0.3) is 0 Å². The number of hydrogen-bond donors (Lipinski definition) is 1. The highest BCUT2D eigenvalue weighted by atomic mass is 32.2. The van der Waals surface area contributed by atoms with Crippen LogP contribution in [0.1, 0.15) is 56.7 Å². The van der Waals surface area contributed by atoms with Crippen LogP contribution in [0.5, 0.6) is 0 Å². The van der Waals surface area contributed by atoms with E-state index < -0.39 is 16.1 Å². The molecule has 2 aromatic carbocycles. The first kappa shape index (κ1) is 28.4. The molecule has 35 heavy (non-hydrogen) atoms. The number of amides is 2. The van der Waals surface area contributed by atoms with Crippen LogP contribution in [0.15, 0.2) is 48.5 Å². The average Bonchev–Trinajstić information content (AvgIpc) is 2.77. The van der Waals surface area contributed by atoms with E-state index in [0.717, 1.165) is 16.7 Å². The Balaban J connectivity index is 2.22. The molecule has 0 saturated carbocycles. The van der Waals surface area contributed by atoms with E-state index in [9.17, 15) is 18.0 Å². The molecular formula is C27H39N3O4S. The molecule has 0 spiro atoms. The zero-order valence-electron chi connectivity index (χ0n) is 21.7. The standard InChI is InChI=1S/C27H39N3O4S/c1-7-25(27(32)28-20(2)3)29(19-23-12-9-8-11-22(23)5)26(31)13-10-18-30(35(6,33)34)24-16-14-21(4)15-17-24/h8-9,11-12,14-17,20,25H,7,10,13,18-19H2,1-6H3,(H,28,32)/t25-/m0/s1. The Morgan fingerprint density at radius 1 is 1.00 bits per heavy atom. The molecule has 0 aliphatic heterocycles. The number of nitrogens with zero attached hydrogens (tertiary/aromatic N) is 2. The summed E-state index contributed by atoms with van der Waals surface area (Å²) in [7, 11) is -3.51. The fourth-order valence-electron chi connectivity index (χ4n) is 3.99. The smallest absolute Gasteiger partial charge is 0.243 e. The van der Waals surface area contributed by atoms with Gasteiger partial charge in [0.05, 0.1) is 11.9 Å². The highest BCUT2D eigenvalue weighted by Gasteiger charge is 2.29. The lowest BCUT2D eigenvalue weighted by Gasteiger charge is -2.32. The van der Waals surface area contributed by atoms with Gasteiger partial charge in [0.1, 0.15) is 6.04 Å². The van der Waals surface area contributed by atoms with Gasteiger partial charge in [-0.15, -0.1) is 0 Å². The first-order chi connectivity index (χ1) is 16.4. The van der Waals surface area contributed by atoms with Crippen molar-refractivity contribution in [3.05, 3.63) is 65.2 Å². The Kier molecular flexibility index (Phi) is 10.3. The SMILES string of the molecule is CC[C@@H](C(=O)NC(C)C)N(Cc1ccccc1C)C(=O)CCCN(c1ccc(C)cc1)S(C)(=O)=O. The molecule has 0 aliphatic rings. The van der Waals surface area contributed by atoms with E-state index in [1.165, 1.54) is 10.6 Å². The van der Waals surface area contributed by atoms with Gasteiger partial charge in [-0.2, -0.15) is 0 Å². The third-order valence-electron chi connectivity index (χ3n) is 5.89. The molecule has 0 unspecified atom stereocenters. The van der Waals surface area contributed by atoms with E-state index >= 15 is 0 Å². The third kappa shape index (κ3) is 8.38. The number of anilines is 1. The summed E-state index contributed by atoms with van der Waals surface area (Å²) in [4.78, 5) is 28.0. The maximum atomic E-state index is 13.4. The molecule has 0 heterocycles. The number of rotatable bonds is 12. The van der Waals surface area contributed by atoms with Crippen molar-refractivity contribution in [3.63, 3.8) is 0 Å². The molecule has 0 bridgehead atoms. The first-order valence-corrected chi connectivity index (χ1v) is 14.0. The Morgan fingerprint density at radius 3 is 2.17 bits per heavy atom. The van der Waals surface area contributed by atoms with Gasteiger partial charge in [0.2, 0.25) is 21.8 Å². The van der Waals surface area contributed by atoms with E-state index in [0.29, 0.717) is 25.1 Å². The Hall–Kier alpha value is -2.87. The minimum Gasteiger partial charge on any atom is -0.352 e. The molecule has 2 aromatic rings. The van der Waals surface area contributed by atoms with Crippen LogP contribution in [0, 0.1) is 13.8 Å². The van der Waals surface area contributed by atoms with Crippen molar-refractivity contribution in [3.8, 4) is 0 Å². The van der Waals surface area contributed by atoms with Crippen LogP contribution in [-0.4, -0.2) is 50.0 Å². The fraction of sp³-hybridized carbons (Fsp3) is 0.481. The quantitative estimate of drug-likeness (QED) is 0.473. The lowest BCUT2D eigenvalue weighted by atomic mass is 10.0. The second-order valence-electron chi connectivity index (χ2n) is 9.31. The summed E-state index contributed by atoms with van der Waals surface area (Å²) < 4.78 is 26.2. The summed E-state index contributed by atoms with van der Waals surface area (Å²) in [6.07, 6.45) is 2.12. The van der Waals surface area contributed by atoms with Crippen LogP contribution in [0.2, 0.25) is 0 Å². The fourth-order valence-corrected chi connectivity index (χ4v) is 4.95. The molecule has 1 N–H and O–H groups in total. The molecule has 0 saturated heterocycles. The summed E-state index contributed by atoms with van der Waals surface area (Å²) in [6, 6.07) is 14.4. The van der Waals surface area contributed by atoms with Crippen molar-refractivity contribution in [2.75, 3.05) is 17.1 Å². The summed E-state index contributed by atoms with van der Waals surface area (Å²) in [5.74, 6) is -0.349. The van der Waals surface area contributed by atoms with Crippen molar-refractivity contribution in [1.29, 1.82) is 0 Å². The number of nitrogens with one attached hydrogen (secondary N) is 1. The van der Waals surface area contributed by atoms with Crippen LogP contribution in [0.3, 0.4) is 0 Å². The van der Waals surface area contributed by atoms with Gasteiger partial charge in [-0.3, -0.25) is 13.9 Å². The van der Waals surface area contributed by atoms with E-state index in [1.54, 1.807) is 17.0 Å². The van der Waals surface area contributed by atoms with Crippen molar-refractivity contribution < 1.29 is 18.0 Å². The topological polar surface area (TPSA) is 86.8 Å². The number of hydrogen-bond acceptors (Lipinski definition) is 4. The number of sulfonamides is 1. The summed E-state index contributed by atoms with van der Waals surface area (Å²) in [5.41, 5.74) is 3.64. The molecular weight excluding hydrogens is 462 g/mol. The predicted molar refractivity (Wildman–Crippen MR) is 142 cm³/mol. The molecule has 1 atom stereocenters. The van der Waals surface area contributed by atoms with Crippen LogP contribution in [0.4, 0.5) is 5.69 Å². The zero-order chi connectivity index (χ0) is 26.2. The molecule has 7 nitrogen and oxygen atoms in total. The summed E-state index contributed by atoms with van der Waals surface area (Å²) in [6.45, 7) is 10.1. The van der Waals surface area contributed by atoms with Gasteiger partial charge < -0.3 is 10.2 Å². The number of benzene rings is 2. The predicted octanol–water partition coefficient (Wildman–Crippen LogP) is 4.18. The minimum atomic E-state index is -3.51. The van der Waals surface area contributed by atoms with Crippen LogP contribution >= 0.6 is 0 Å². The van der Waals surface area contributed by atoms with Crippen molar-refractivity contribution >= 4 is 27.5 Å². The van der Waals surface area contributed by atoms with Gasteiger partial charge >= 0.3 is 0 Å². The molecule has 2 amide bonds. The number of aryl methyl sites for hydroxylation is 2. The zero-order valence-corrected chi connectivity index (χ0v) is 22.6. The second-order valence-corrected chi connectivity index (χ2v) is 11.2. The van der Waals surface area contributed by atoms with Crippen molar-refractivity contribution in [2.24, 2.45) is 0 Å². The van der Waals surface area contributed by atoms with E-state index in [4.69, 9.17) is 0 Å². The highest BCUT2D eigenvalue weighted by molar-refractivity contribution is 7.92. The van der Waals surface area contributed by atoms with Gasteiger partial charge in [0.25, 0.3) is 0 Å². The number of carbonyl (C=O) groups excluding carboxylic acids is 2. The van der Waals surface area contributed by atoms with Gasteiger partial charge in [0, 0.05) is 25.6 Å². The van der Waals surface area contributed by atoms with Crippen molar-refractivity contribution in [2.45, 2.75) is 72.5 Å². The van der Waals surface area contributed by atoms with E-state index in [2.05, 4.69) is 5.32 Å². The molecule has 8 heteroatoms. The normalized spacial score (nSPS) is 12.3. The van der Waals surface area contributed by atoms with Gasteiger partial charge in [-0.05, 0) is 63.8 Å². The summed E-state index contributed by atoms with van der Waals surface area (Å²) >= 11 is 0. The Morgan fingerprint density at radius 2 is 1.63 bits per heavy atom. The third-order valence-corrected chi connectivity index (χ3v) is 7.09. The van der Waals surface area contributed by atoms with E-state index in [1.807, 2.05) is 71.0 Å². The summed E-state index contributed by atoms with van der Waals surface area (Å²) in [5, 5.41) is 2.93. The maximum Gasteiger partial charge on any atom is 0.243 e. The Bertz CT molecular complexity index is 1100. The lowest BCUT2D eigenvalue weighted by Crippen LogP contribution is -2.50. The molecule has 192 valence electrons. The second kappa shape index (κ2) is 12.7. The lowest BCUT2D eigenvalue weighted by molar-refractivity contribution is -0.141. The van der Waals surface area contributed by atoms with Crippen LogP contribution < -0.4 is 9.62 Å². The molecule has 0 fully saturated rings.